The van der Waals surface area contributed by atoms with Gasteiger partial charge in [-0.3, -0.25) is 4.79 Å². The first-order chi connectivity index (χ1) is 8.09. The van der Waals surface area contributed by atoms with Gasteiger partial charge >= 0.3 is 0 Å². The van der Waals surface area contributed by atoms with E-state index in [4.69, 9.17) is 11.6 Å². The molecule has 1 atom stereocenters. The summed E-state index contributed by atoms with van der Waals surface area (Å²) in [4.78, 5) is 11.8. The van der Waals surface area contributed by atoms with Gasteiger partial charge in [-0.05, 0) is 25.5 Å². The predicted octanol–water partition coefficient (Wildman–Crippen LogP) is 2.91. The normalized spacial score (nSPS) is 19.2. The van der Waals surface area contributed by atoms with Crippen molar-refractivity contribution in [3.05, 3.63) is 34.5 Å². The van der Waals surface area contributed by atoms with Gasteiger partial charge < -0.3 is 9.88 Å². The lowest BCUT2D eigenvalue weighted by atomic mass is 10.2. The fourth-order valence-corrected chi connectivity index (χ4v) is 2.70. The molecule has 0 spiro atoms. The summed E-state index contributed by atoms with van der Waals surface area (Å²) in [6.07, 6.45) is 0. The summed E-state index contributed by atoms with van der Waals surface area (Å²) < 4.78 is 2.05. The summed E-state index contributed by atoms with van der Waals surface area (Å²) in [6.45, 7) is 4.72. The summed E-state index contributed by atoms with van der Waals surface area (Å²) in [5, 5.41) is 4.65. The van der Waals surface area contributed by atoms with Gasteiger partial charge in [-0.2, -0.15) is 0 Å². The Bertz CT molecular complexity index is 630. The number of carbonyl (C=O) groups is 1. The van der Waals surface area contributed by atoms with Gasteiger partial charge in [-0.25, -0.2) is 0 Å². The molecule has 1 N–H and O–H groups in total. The molecule has 4 heteroatoms. The molecule has 2 heterocycles. The van der Waals surface area contributed by atoms with Crippen LogP contribution in [0.2, 0.25) is 5.02 Å². The number of amides is 1. The molecule has 0 saturated carbocycles. The van der Waals surface area contributed by atoms with Crippen molar-refractivity contribution in [2.24, 2.45) is 0 Å². The first kappa shape index (κ1) is 10.7. The van der Waals surface area contributed by atoms with E-state index in [9.17, 15) is 4.79 Å². The van der Waals surface area contributed by atoms with Crippen molar-refractivity contribution in [2.45, 2.75) is 19.9 Å². The summed E-state index contributed by atoms with van der Waals surface area (Å²) in [6, 6.07) is 6.15. The lowest BCUT2D eigenvalue weighted by molar-refractivity contribution is 0.0919. The van der Waals surface area contributed by atoms with Gasteiger partial charge in [0.15, 0.2) is 0 Å². The van der Waals surface area contributed by atoms with Crippen LogP contribution >= 0.6 is 11.6 Å². The van der Waals surface area contributed by atoms with E-state index < -0.39 is 0 Å². The fraction of sp³-hybridized carbons (Fsp3) is 0.308. The van der Waals surface area contributed by atoms with Crippen LogP contribution in [0.1, 0.15) is 29.0 Å². The molecule has 0 radical (unpaired) electrons. The molecular weight excluding hydrogens is 236 g/mol. The van der Waals surface area contributed by atoms with E-state index >= 15 is 0 Å². The van der Waals surface area contributed by atoms with Crippen molar-refractivity contribution in [2.75, 3.05) is 6.54 Å². The molecule has 1 amide bonds. The number of nitrogens with one attached hydrogen (secondary N) is 1. The Morgan fingerprint density at radius 1 is 1.47 bits per heavy atom. The minimum absolute atomic E-state index is 0.0204. The molecule has 88 valence electrons. The molecule has 1 unspecified atom stereocenters. The van der Waals surface area contributed by atoms with Crippen LogP contribution in [0.5, 0.6) is 0 Å². The third-order valence-corrected chi connectivity index (χ3v) is 3.84. The number of halogens is 1. The Kier molecular flexibility index (Phi) is 2.20. The number of rotatable bonds is 0. The Hall–Kier alpha value is -1.48. The maximum atomic E-state index is 11.8. The average molecular weight is 249 g/mol. The number of fused-ring (bicyclic) bond motifs is 3. The maximum absolute atomic E-state index is 11.8. The van der Waals surface area contributed by atoms with Crippen LogP contribution in [0.3, 0.4) is 0 Å². The Morgan fingerprint density at radius 3 is 3.00 bits per heavy atom. The third kappa shape index (κ3) is 1.39. The van der Waals surface area contributed by atoms with Crippen LogP contribution in [0.4, 0.5) is 0 Å². The largest absolute Gasteiger partial charge is 0.349 e. The van der Waals surface area contributed by atoms with Crippen LogP contribution in [0.25, 0.3) is 10.9 Å². The van der Waals surface area contributed by atoms with Gasteiger partial charge in [-0.15, -0.1) is 0 Å². The van der Waals surface area contributed by atoms with Crippen molar-refractivity contribution < 1.29 is 4.79 Å². The smallest absolute Gasteiger partial charge is 0.268 e. The van der Waals surface area contributed by atoms with E-state index in [-0.39, 0.29) is 11.9 Å². The second-order valence-electron chi connectivity index (χ2n) is 4.59. The Balaban J connectivity index is 2.44. The van der Waals surface area contributed by atoms with Gasteiger partial charge in [0.1, 0.15) is 5.69 Å². The van der Waals surface area contributed by atoms with E-state index in [1.54, 1.807) is 0 Å². The SMILES string of the molecule is Cc1ccc2cc3n(c2c1Cl)C(C)CNC3=O. The highest BCUT2D eigenvalue weighted by Gasteiger charge is 2.25. The summed E-state index contributed by atoms with van der Waals surface area (Å²) in [7, 11) is 0. The van der Waals surface area contributed by atoms with Gasteiger partial charge in [0.2, 0.25) is 0 Å². The number of benzene rings is 1. The van der Waals surface area contributed by atoms with Crippen molar-refractivity contribution >= 4 is 28.4 Å². The Labute approximate surface area is 104 Å². The highest BCUT2D eigenvalue weighted by atomic mass is 35.5. The van der Waals surface area contributed by atoms with Crippen LogP contribution in [-0.4, -0.2) is 17.0 Å². The molecule has 1 aromatic carbocycles. The molecule has 0 bridgehead atoms. The minimum Gasteiger partial charge on any atom is -0.349 e. The number of aryl methyl sites for hydroxylation is 1. The minimum atomic E-state index is -0.0204. The fourth-order valence-electron chi connectivity index (χ4n) is 2.43. The molecule has 2 aromatic rings. The molecular formula is C13H13ClN2O. The highest BCUT2D eigenvalue weighted by Crippen LogP contribution is 2.33. The summed E-state index contributed by atoms with van der Waals surface area (Å²) in [5.74, 6) is -0.0204. The number of hydrogen-bond donors (Lipinski definition) is 1. The first-order valence-corrected chi connectivity index (χ1v) is 6.05. The van der Waals surface area contributed by atoms with E-state index in [1.165, 1.54) is 0 Å². The zero-order valence-corrected chi connectivity index (χ0v) is 10.5. The second kappa shape index (κ2) is 3.50. The molecule has 0 fully saturated rings. The standard InChI is InChI=1S/C13H13ClN2O/c1-7-3-4-9-5-10-13(17)15-6-8(2)16(10)12(9)11(7)14/h3-5,8H,6H2,1-2H3,(H,15,17). The molecule has 0 saturated heterocycles. The first-order valence-electron chi connectivity index (χ1n) is 5.68. The van der Waals surface area contributed by atoms with Crippen LogP contribution in [0.15, 0.2) is 18.2 Å². The molecule has 1 aliphatic heterocycles. The van der Waals surface area contributed by atoms with Crippen LogP contribution < -0.4 is 5.32 Å². The van der Waals surface area contributed by atoms with Crippen molar-refractivity contribution in [1.82, 2.24) is 9.88 Å². The molecule has 3 nitrogen and oxygen atoms in total. The van der Waals surface area contributed by atoms with Gasteiger partial charge in [0, 0.05) is 18.0 Å². The maximum Gasteiger partial charge on any atom is 0.268 e. The van der Waals surface area contributed by atoms with Crippen molar-refractivity contribution in [3.63, 3.8) is 0 Å². The van der Waals surface area contributed by atoms with Crippen LogP contribution in [-0.2, 0) is 0 Å². The van der Waals surface area contributed by atoms with E-state index in [1.807, 2.05) is 29.7 Å². The number of aromatic nitrogens is 1. The summed E-state index contributed by atoms with van der Waals surface area (Å²) >= 11 is 6.36. The molecule has 3 rings (SSSR count). The van der Waals surface area contributed by atoms with Crippen molar-refractivity contribution in [1.29, 1.82) is 0 Å². The number of carbonyl (C=O) groups excluding carboxylic acids is 1. The van der Waals surface area contributed by atoms with Gasteiger partial charge in [0.05, 0.1) is 10.5 Å². The molecule has 0 aliphatic carbocycles. The van der Waals surface area contributed by atoms with Gasteiger partial charge in [-0.1, -0.05) is 23.7 Å². The summed E-state index contributed by atoms with van der Waals surface area (Å²) in [5.41, 5.74) is 2.72. The molecule has 17 heavy (non-hydrogen) atoms. The lowest BCUT2D eigenvalue weighted by Gasteiger charge is -2.24. The quantitative estimate of drug-likeness (QED) is 0.764. The third-order valence-electron chi connectivity index (χ3n) is 3.36. The lowest BCUT2D eigenvalue weighted by Crippen LogP contribution is -2.37. The van der Waals surface area contributed by atoms with E-state index in [2.05, 4.69) is 12.2 Å². The molecule has 1 aliphatic rings. The highest BCUT2D eigenvalue weighted by molar-refractivity contribution is 6.36. The molecule has 1 aromatic heterocycles. The zero-order chi connectivity index (χ0) is 12.2. The predicted molar refractivity (Wildman–Crippen MR) is 68.7 cm³/mol. The number of nitrogens with zero attached hydrogens (tertiary/aromatic N) is 1. The van der Waals surface area contributed by atoms with E-state index in [0.717, 1.165) is 21.5 Å². The topological polar surface area (TPSA) is 34.0 Å². The van der Waals surface area contributed by atoms with E-state index in [0.29, 0.717) is 12.2 Å². The average Bonchev–Trinajstić information content (AvgIpc) is 2.70. The van der Waals surface area contributed by atoms with Crippen molar-refractivity contribution in [3.8, 4) is 0 Å². The van der Waals surface area contributed by atoms with Gasteiger partial charge in [0.25, 0.3) is 5.91 Å². The second-order valence-corrected chi connectivity index (χ2v) is 4.97. The Morgan fingerprint density at radius 2 is 2.24 bits per heavy atom. The zero-order valence-electron chi connectivity index (χ0n) is 9.75. The van der Waals surface area contributed by atoms with Crippen LogP contribution in [0, 0.1) is 6.92 Å². The monoisotopic (exact) mass is 248 g/mol. The number of hydrogen-bond acceptors (Lipinski definition) is 1.